The highest BCUT2D eigenvalue weighted by Crippen LogP contribution is 2.29. The van der Waals surface area contributed by atoms with Crippen LogP contribution < -0.4 is 5.32 Å². The van der Waals surface area contributed by atoms with Crippen LogP contribution in [0.4, 0.5) is 0 Å². The number of methoxy groups -OCH3 is 1. The van der Waals surface area contributed by atoms with Gasteiger partial charge in [-0.3, -0.25) is 14.5 Å². The molecule has 0 aromatic rings. The lowest BCUT2D eigenvalue weighted by Crippen LogP contribution is -2.49. The summed E-state index contributed by atoms with van der Waals surface area (Å²) >= 11 is 0. The van der Waals surface area contributed by atoms with Gasteiger partial charge in [0.25, 0.3) is 0 Å². The molecule has 1 N–H and O–H groups in total. The molecule has 5 nitrogen and oxygen atoms in total. The number of hydrogen-bond acceptors (Lipinski definition) is 4. The third kappa shape index (κ3) is 4.70. The largest absolute Gasteiger partial charge is 0.468 e. The molecule has 2 aliphatic carbocycles. The highest BCUT2D eigenvalue weighted by molar-refractivity contribution is 5.80. The lowest BCUT2D eigenvalue weighted by atomic mass is 9.87. The summed E-state index contributed by atoms with van der Waals surface area (Å²) in [5.74, 6) is 0.554. The minimum Gasteiger partial charge on any atom is -0.468 e. The number of hydrogen-bond donors (Lipinski definition) is 1. The predicted molar refractivity (Wildman–Crippen MR) is 80.8 cm³/mol. The summed E-state index contributed by atoms with van der Waals surface area (Å²) in [6, 6.07) is 0.319. The van der Waals surface area contributed by atoms with Crippen molar-refractivity contribution in [3.05, 3.63) is 0 Å². The molecule has 0 aromatic heterocycles. The molecule has 0 radical (unpaired) electrons. The Bertz CT molecular complexity index is 374. The van der Waals surface area contributed by atoms with E-state index in [4.69, 9.17) is 4.74 Å². The van der Waals surface area contributed by atoms with Gasteiger partial charge in [-0.15, -0.1) is 0 Å². The summed E-state index contributed by atoms with van der Waals surface area (Å²) < 4.78 is 4.80. The molecule has 120 valence electrons. The van der Waals surface area contributed by atoms with Crippen LogP contribution in [-0.4, -0.2) is 48.6 Å². The molecule has 0 saturated heterocycles. The average Bonchev–Trinajstić information content (AvgIpc) is 3.30. The monoisotopic (exact) mass is 296 g/mol. The van der Waals surface area contributed by atoms with Crippen LogP contribution in [0.1, 0.15) is 52.4 Å². The minimum atomic E-state index is -0.348. The fourth-order valence-electron chi connectivity index (χ4n) is 3.14. The third-order valence-corrected chi connectivity index (χ3v) is 4.76. The van der Waals surface area contributed by atoms with E-state index in [1.54, 1.807) is 0 Å². The predicted octanol–water partition coefficient (Wildman–Crippen LogP) is 1.71. The first-order chi connectivity index (χ1) is 10.0. The summed E-state index contributed by atoms with van der Waals surface area (Å²) in [5.41, 5.74) is 0. The summed E-state index contributed by atoms with van der Waals surface area (Å²) in [7, 11) is 1.40. The molecule has 1 atom stereocenters. The fraction of sp³-hybridized carbons (Fsp3) is 0.875. The van der Waals surface area contributed by atoms with Gasteiger partial charge in [0.1, 0.15) is 6.04 Å². The minimum absolute atomic E-state index is 0.0391. The third-order valence-electron chi connectivity index (χ3n) is 4.76. The lowest BCUT2D eigenvalue weighted by molar-refractivity contribution is -0.147. The number of esters is 1. The Labute approximate surface area is 127 Å². The molecule has 1 unspecified atom stereocenters. The van der Waals surface area contributed by atoms with E-state index >= 15 is 0 Å². The maximum Gasteiger partial charge on any atom is 0.322 e. The molecule has 5 heteroatoms. The summed E-state index contributed by atoms with van der Waals surface area (Å²) in [5, 5.41) is 3.13. The van der Waals surface area contributed by atoms with Gasteiger partial charge >= 0.3 is 5.97 Å². The highest BCUT2D eigenvalue weighted by Gasteiger charge is 2.36. The molecule has 0 aliphatic heterocycles. The Kier molecular flexibility index (Phi) is 5.62. The molecule has 0 bridgehead atoms. The van der Waals surface area contributed by atoms with E-state index < -0.39 is 0 Å². The van der Waals surface area contributed by atoms with Crippen molar-refractivity contribution in [1.29, 1.82) is 0 Å². The number of amides is 1. The number of nitrogens with zero attached hydrogens (tertiary/aromatic N) is 1. The van der Waals surface area contributed by atoms with Crippen LogP contribution in [0.15, 0.2) is 0 Å². The van der Waals surface area contributed by atoms with Gasteiger partial charge in [-0.2, -0.15) is 0 Å². The van der Waals surface area contributed by atoms with Gasteiger partial charge in [-0.1, -0.05) is 6.92 Å². The smallest absolute Gasteiger partial charge is 0.322 e. The van der Waals surface area contributed by atoms with E-state index in [1.165, 1.54) is 20.0 Å². The standard InChI is InChI=1S/C16H28N2O3/c1-11-4-6-13(7-5-11)17-15(19)10-18(14-8-9-14)12(2)16(20)21-3/h11-14H,4-10H2,1-3H3,(H,17,19). The topological polar surface area (TPSA) is 58.6 Å². The van der Waals surface area contributed by atoms with Gasteiger partial charge < -0.3 is 10.1 Å². The normalized spacial score (nSPS) is 27.2. The molecule has 2 rings (SSSR count). The zero-order valence-corrected chi connectivity index (χ0v) is 13.4. The summed E-state index contributed by atoms with van der Waals surface area (Å²) in [6.07, 6.45) is 6.66. The summed E-state index contributed by atoms with van der Waals surface area (Å²) in [6.45, 7) is 4.39. The molecule has 2 fully saturated rings. The van der Waals surface area contributed by atoms with Crippen LogP contribution in [0, 0.1) is 5.92 Å². The molecule has 0 spiro atoms. The SMILES string of the molecule is COC(=O)C(C)N(CC(=O)NC1CCC(C)CC1)C1CC1. The Morgan fingerprint density at radius 1 is 1.19 bits per heavy atom. The molecule has 21 heavy (non-hydrogen) atoms. The Hall–Kier alpha value is -1.10. The molecule has 0 heterocycles. The number of carbonyl (C=O) groups is 2. The van der Waals surface area contributed by atoms with Crippen molar-refractivity contribution >= 4 is 11.9 Å². The zero-order valence-electron chi connectivity index (χ0n) is 13.4. The molecular formula is C16H28N2O3. The molecule has 2 saturated carbocycles. The van der Waals surface area contributed by atoms with Gasteiger partial charge in [0.2, 0.25) is 5.91 Å². The quantitative estimate of drug-likeness (QED) is 0.758. The Balaban J connectivity index is 1.82. The van der Waals surface area contributed by atoms with Crippen molar-refractivity contribution in [2.45, 2.75) is 70.5 Å². The van der Waals surface area contributed by atoms with Gasteiger partial charge in [-0.05, 0) is 51.4 Å². The first-order valence-corrected chi connectivity index (χ1v) is 8.14. The second-order valence-corrected chi connectivity index (χ2v) is 6.63. The second-order valence-electron chi connectivity index (χ2n) is 6.63. The van der Waals surface area contributed by atoms with Crippen LogP contribution >= 0.6 is 0 Å². The van der Waals surface area contributed by atoms with Crippen molar-refractivity contribution in [1.82, 2.24) is 10.2 Å². The van der Waals surface area contributed by atoms with E-state index in [0.717, 1.165) is 31.6 Å². The number of rotatable bonds is 6. The Morgan fingerprint density at radius 2 is 1.81 bits per heavy atom. The average molecular weight is 296 g/mol. The maximum atomic E-state index is 12.2. The van der Waals surface area contributed by atoms with Crippen LogP contribution in [0.2, 0.25) is 0 Å². The molecule has 0 aromatic carbocycles. The van der Waals surface area contributed by atoms with Crippen molar-refractivity contribution in [2.75, 3.05) is 13.7 Å². The summed E-state index contributed by atoms with van der Waals surface area (Å²) in [4.78, 5) is 25.9. The number of nitrogens with one attached hydrogen (secondary N) is 1. The number of ether oxygens (including phenoxy) is 1. The molecular weight excluding hydrogens is 268 g/mol. The lowest BCUT2D eigenvalue weighted by Gasteiger charge is -2.30. The van der Waals surface area contributed by atoms with E-state index in [1.807, 2.05) is 11.8 Å². The van der Waals surface area contributed by atoms with Gasteiger partial charge in [-0.25, -0.2) is 0 Å². The van der Waals surface area contributed by atoms with Crippen molar-refractivity contribution < 1.29 is 14.3 Å². The Morgan fingerprint density at radius 3 is 2.33 bits per heavy atom. The first-order valence-electron chi connectivity index (χ1n) is 8.14. The molecule has 2 aliphatic rings. The van der Waals surface area contributed by atoms with Crippen LogP contribution in [0.25, 0.3) is 0 Å². The van der Waals surface area contributed by atoms with Gasteiger partial charge in [0, 0.05) is 12.1 Å². The van der Waals surface area contributed by atoms with Crippen molar-refractivity contribution in [3.8, 4) is 0 Å². The van der Waals surface area contributed by atoms with E-state index in [9.17, 15) is 9.59 Å². The number of carbonyl (C=O) groups excluding carboxylic acids is 2. The maximum absolute atomic E-state index is 12.2. The van der Waals surface area contributed by atoms with Crippen LogP contribution in [0.3, 0.4) is 0 Å². The van der Waals surface area contributed by atoms with Crippen molar-refractivity contribution in [3.63, 3.8) is 0 Å². The van der Waals surface area contributed by atoms with E-state index in [0.29, 0.717) is 18.6 Å². The molecule has 1 amide bonds. The highest BCUT2D eigenvalue weighted by atomic mass is 16.5. The first kappa shape index (κ1) is 16.3. The van der Waals surface area contributed by atoms with Gasteiger partial charge in [0.15, 0.2) is 0 Å². The van der Waals surface area contributed by atoms with E-state index in [-0.39, 0.29) is 17.9 Å². The van der Waals surface area contributed by atoms with Gasteiger partial charge in [0.05, 0.1) is 13.7 Å². The zero-order chi connectivity index (χ0) is 15.4. The fourth-order valence-corrected chi connectivity index (χ4v) is 3.14. The van der Waals surface area contributed by atoms with Crippen LogP contribution in [-0.2, 0) is 14.3 Å². The van der Waals surface area contributed by atoms with Crippen LogP contribution in [0.5, 0.6) is 0 Å². The van der Waals surface area contributed by atoms with Crippen molar-refractivity contribution in [2.24, 2.45) is 5.92 Å². The second kappa shape index (κ2) is 7.25. The van der Waals surface area contributed by atoms with E-state index in [2.05, 4.69) is 12.2 Å².